The zero-order chi connectivity index (χ0) is 26.2. The number of nitrogens with zero attached hydrogens (tertiary/aromatic N) is 1. The summed E-state index contributed by atoms with van der Waals surface area (Å²) in [5.41, 5.74) is 11.9. The van der Waals surface area contributed by atoms with Gasteiger partial charge in [0.25, 0.3) is 0 Å². The summed E-state index contributed by atoms with van der Waals surface area (Å²) in [7, 11) is 0. The van der Waals surface area contributed by atoms with Crippen LogP contribution in [-0.4, -0.2) is 4.98 Å². The minimum Gasteiger partial charge on any atom is -0.354 e. The third-order valence-electron chi connectivity index (χ3n) is 7.47. The van der Waals surface area contributed by atoms with Gasteiger partial charge in [-0.3, -0.25) is 0 Å². The first-order chi connectivity index (χ1) is 19.2. The Kier molecular flexibility index (Phi) is 5.71. The fourth-order valence-corrected chi connectivity index (χ4v) is 5.55. The summed E-state index contributed by atoms with van der Waals surface area (Å²) in [5.74, 6) is 0. The molecule has 186 valence electrons. The third kappa shape index (κ3) is 4.26. The van der Waals surface area contributed by atoms with Crippen molar-refractivity contribution >= 4 is 38.9 Å². The molecule has 0 radical (unpaired) electrons. The van der Waals surface area contributed by atoms with E-state index in [0.29, 0.717) is 0 Å². The first-order valence-electron chi connectivity index (χ1n) is 13.4. The number of nitrogens with one attached hydrogen (secondary N) is 1. The van der Waals surface area contributed by atoms with Gasteiger partial charge in [0.1, 0.15) is 0 Å². The van der Waals surface area contributed by atoms with Gasteiger partial charge in [-0.2, -0.15) is 0 Å². The molecule has 7 aromatic rings. The fourth-order valence-electron chi connectivity index (χ4n) is 5.55. The molecular weight excluding hydrogens is 472 g/mol. The highest BCUT2D eigenvalue weighted by Gasteiger charge is 2.13. The average Bonchev–Trinajstić information content (AvgIpc) is 3.38. The quantitative estimate of drug-likeness (QED) is 0.249. The highest BCUT2D eigenvalue weighted by Crippen LogP contribution is 2.37. The Hall–Kier alpha value is -5.08. The van der Waals surface area contributed by atoms with E-state index < -0.39 is 0 Å². The standard InChI is InChI=1S/C37H28N2/c1-26-9-7-12-32(25-26)39(30-10-3-2-4-11-30)31-23-21-28(22-24-31)27-17-19-29(20-18-27)33-14-8-15-35-34-13-5-6-16-36(34)38-37(33)35/h2-25,38H,1H3. The van der Waals surface area contributed by atoms with E-state index in [0.717, 1.165) is 17.1 Å². The van der Waals surface area contributed by atoms with Crippen LogP contribution in [-0.2, 0) is 0 Å². The van der Waals surface area contributed by atoms with E-state index in [1.54, 1.807) is 0 Å². The Morgan fingerprint density at radius 1 is 0.462 bits per heavy atom. The number of aromatic amines is 1. The second-order valence-corrected chi connectivity index (χ2v) is 10.0. The van der Waals surface area contributed by atoms with Gasteiger partial charge in [0.15, 0.2) is 0 Å². The van der Waals surface area contributed by atoms with E-state index in [1.165, 1.54) is 49.6 Å². The molecule has 0 fully saturated rings. The fraction of sp³-hybridized carbons (Fsp3) is 0.0270. The van der Waals surface area contributed by atoms with Crippen molar-refractivity contribution in [3.8, 4) is 22.3 Å². The highest BCUT2D eigenvalue weighted by atomic mass is 15.1. The summed E-state index contributed by atoms with van der Waals surface area (Å²) >= 11 is 0. The lowest BCUT2D eigenvalue weighted by Gasteiger charge is -2.26. The maximum Gasteiger partial charge on any atom is 0.0544 e. The smallest absolute Gasteiger partial charge is 0.0544 e. The SMILES string of the molecule is Cc1cccc(N(c2ccccc2)c2ccc(-c3ccc(-c4cccc5c4[nH]c4ccccc45)cc3)cc2)c1. The van der Waals surface area contributed by atoms with E-state index in [2.05, 4.69) is 162 Å². The number of aromatic nitrogens is 1. The van der Waals surface area contributed by atoms with Gasteiger partial charge in [-0.15, -0.1) is 0 Å². The molecule has 6 aromatic carbocycles. The minimum absolute atomic E-state index is 1.14. The lowest BCUT2D eigenvalue weighted by molar-refractivity contribution is 1.27. The van der Waals surface area contributed by atoms with Gasteiger partial charge in [0, 0.05) is 38.9 Å². The van der Waals surface area contributed by atoms with Gasteiger partial charge in [0.2, 0.25) is 0 Å². The molecular formula is C37H28N2. The molecule has 0 aliphatic heterocycles. The van der Waals surface area contributed by atoms with E-state index in [4.69, 9.17) is 0 Å². The van der Waals surface area contributed by atoms with Gasteiger partial charge in [-0.05, 0) is 71.6 Å². The molecule has 0 atom stereocenters. The van der Waals surface area contributed by atoms with Crippen molar-refractivity contribution in [3.63, 3.8) is 0 Å². The number of para-hydroxylation sites is 3. The molecule has 0 unspecified atom stereocenters. The zero-order valence-corrected chi connectivity index (χ0v) is 21.8. The van der Waals surface area contributed by atoms with Crippen LogP contribution < -0.4 is 4.90 Å². The Balaban J connectivity index is 1.22. The predicted octanol–water partition coefficient (Wildman–Crippen LogP) is 10.4. The van der Waals surface area contributed by atoms with Crippen LogP contribution in [0.5, 0.6) is 0 Å². The molecule has 2 nitrogen and oxygen atoms in total. The topological polar surface area (TPSA) is 19.0 Å². The molecule has 0 saturated heterocycles. The molecule has 0 aliphatic carbocycles. The van der Waals surface area contributed by atoms with Gasteiger partial charge in [0.05, 0.1) is 5.52 Å². The maximum absolute atomic E-state index is 3.63. The summed E-state index contributed by atoms with van der Waals surface area (Å²) in [5, 5.41) is 2.53. The minimum atomic E-state index is 1.14. The molecule has 7 rings (SSSR count). The second kappa shape index (κ2) is 9.66. The zero-order valence-electron chi connectivity index (χ0n) is 21.8. The van der Waals surface area contributed by atoms with Crippen molar-refractivity contribution in [2.24, 2.45) is 0 Å². The molecule has 0 saturated carbocycles. The molecule has 39 heavy (non-hydrogen) atoms. The van der Waals surface area contributed by atoms with Crippen molar-refractivity contribution < 1.29 is 0 Å². The number of fused-ring (bicyclic) bond motifs is 3. The summed E-state index contributed by atoms with van der Waals surface area (Å²) in [6.45, 7) is 2.14. The number of anilines is 3. The van der Waals surface area contributed by atoms with Crippen LogP contribution in [0.4, 0.5) is 17.1 Å². The average molecular weight is 501 g/mol. The second-order valence-electron chi connectivity index (χ2n) is 10.0. The third-order valence-corrected chi connectivity index (χ3v) is 7.47. The van der Waals surface area contributed by atoms with Crippen LogP contribution in [0.15, 0.2) is 146 Å². The van der Waals surface area contributed by atoms with Crippen LogP contribution in [0.3, 0.4) is 0 Å². The number of benzene rings is 6. The normalized spacial score (nSPS) is 11.2. The van der Waals surface area contributed by atoms with E-state index >= 15 is 0 Å². The van der Waals surface area contributed by atoms with Crippen molar-refractivity contribution in [1.82, 2.24) is 4.98 Å². The molecule has 2 heteroatoms. The molecule has 0 bridgehead atoms. The van der Waals surface area contributed by atoms with Crippen molar-refractivity contribution in [2.75, 3.05) is 4.90 Å². The highest BCUT2D eigenvalue weighted by molar-refractivity contribution is 6.11. The first kappa shape index (κ1) is 23.1. The molecule has 1 heterocycles. The van der Waals surface area contributed by atoms with E-state index in [-0.39, 0.29) is 0 Å². The van der Waals surface area contributed by atoms with Gasteiger partial charge >= 0.3 is 0 Å². The van der Waals surface area contributed by atoms with Crippen LogP contribution in [0.25, 0.3) is 44.1 Å². The van der Waals surface area contributed by atoms with Crippen LogP contribution in [0, 0.1) is 6.92 Å². The first-order valence-corrected chi connectivity index (χ1v) is 13.4. The predicted molar refractivity (Wildman–Crippen MR) is 166 cm³/mol. The summed E-state index contributed by atoms with van der Waals surface area (Å²) in [6.07, 6.45) is 0. The lowest BCUT2D eigenvalue weighted by atomic mass is 9.98. The largest absolute Gasteiger partial charge is 0.354 e. The Morgan fingerprint density at radius 3 is 1.82 bits per heavy atom. The van der Waals surface area contributed by atoms with Gasteiger partial charge in [-0.1, -0.05) is 103 Å². The van der Waals surface area contributed by atoms with Gasteiger partial charge < -0.3 is 9.88 Å². The Morgan fingerprint density at radius 2 is 1.05 bits per heavy atom. The van der Waals surface area contributed by atoms with Crippen LogP contribution >= 0.6 is 0 Å². The summed E-state index contributed by atoms with van der Waals surface area (Å²) in [4.78, 5) is 5.94. The van der Waals surface area contributed by atoms with Crippen molar-refractivity contribution in [3.05, 3.63) is 151 Å². The summed E-state index contributed by atoms with van der Waals surface area (Å²) < 4.78 is 0. The Bertz CT molecular complexity index is 1900. The molecule has 0 spiro atoms. The van der Waals surface area contributed by atoms with Crippen molar-refractivity contribution in [1.29, 1.82) is 0 Å². The van der Waals surface area contributed by atoms with Crippen LogP contribution in [0.2, 0.25) is 0 Å². The van der Waals surface area contributed by atoms with E-state index in [1.807, 2.05) is 0 Å². The number of hydrogen-bond donors (Lipinski definition) is 1. The molecule has 0 aliphatic rings. The monoisotopic (exact) mass is 500 g/mol. The molecule has 1 N–H and O–H groups in total. The number of rotatable bonds is 5. The van der Waals surface area contributed by atoms with Gasteiger partial charge in [-0.25, -0.2) is 0 Å². The lowest BCUT2D eigenvalue weighted by Crippen LogP contribution is -2.09. The number of H-pyrrole nitrogens is 1. The number of aryl methyl sites for hydroxylation is 1. The van der Waals surface area contributed by atoms with Crippen molar-refractivity contribution in [2.45, 2.75) is 6.92 Å². The van der Waals surface area contributed by atoms with Crippen LogP contribution in [0.1, 0.15) is 5.56 Å². The Labute approximate surface area is 228 Å². The molecule has 1 aromatic heterocycles. The number of hydrogen-bond acceptors (Lipinski definition) is 1. The summed E-state index contributed by atoms with van der Waals surface area (Å²) in [6, 6.07) is 52.0. The molecule has 0 amide bonds. The van der Waals surface area contributed by atoms with E-state index in [9.17, 15) is 0 Å². The maximum atomic E-state index is 3.63.